The van der Waals surface area contributed by atoms with Crippen molar-refractivity contribution in [3.8, 4) is 0 Å². The minimum Gasteiger partial charge on any atom is -0.312 e. The molecule has 1 fully saturated rings. The molecule has 0 aromatic rings. The molecule has 0 saturated heterocycles. The fourth-order valence-corrected chi connectivity index (χ4v) is 2.33. The minimum absolute atomic E-state index is 0.206. The Morgan fingerprint density at radius 3 is 2.36 bits per heavy atom. The average Bonchev–Trinajstić information content (AvgIpc) is 2.50. The van der Waals surface area contributed by atoms with Gasteiger partial charge in [-0.15, -0.1) is 0 Å². The summed E-state index contributed by atoms with van der Waals surface area (Å²) >= 11 is 0. The van der Waals surface area contributed by atoms with Gasteiger partial charge in [-0.1, -0.05) is 27.7 Å². The highest BCUT2D eigenvalue weighted by atomic mass is 16.1. The largest absolute Gasteiger partial charge is 0.312 e. The van der Waals surface area contributed by atoms with Crippen LogP contribution in [0.5, 0.6) is 0 Å². The van der Waals surface area contributed by atoms with Crippen LogP contribution in [0.1, 0.15) is 47.0 Å². The van der Waals surface area contributed by atoms with Crippen LogP contribution in [0.4, 0.5) is 0 Å². The maximum atomic E-state index is 11.7. The van der Waals surface area contributed by atoms with Crippen molar-refractivity contribution in [2.24, 2.45) is 11.8 Å². The third-order valence-electron chi connectivity index (χ3n) is 2.97. The van der Waals surface area contributed by atoms with E-state index in [0.29, 0.717) is 23.8 Å². The number of hydrogen-bond donors (Lipinski definition) is 1. The second kappa shape index (κ2) is 4.92. The van der Waals surface area contributed by atoms with Gasteiger partial charge in [-0.3, -0.25) is 4.79 Å². The van der Waals surface area contributed by atoms with E-state index in [9.17, 15) is 4.79 Å². The maximum Gasteiger partial charge on any atom is 0.138 e. The SMILES string of the molecule is CC(C)N[C@H]1CC[C@@H](C(=O)C(C)C)C1. The highest BCUT2D eigenvalue weighted by Crippen LogP contribution is 2.28. The van der Waals surface area contributed by atoms with Crippen molar-refractivity contribution in [1.29, 1.82) is 0 Å². The van der Waals surface area contributed by atoms with Crippen molar-refractivity contribution in [3.05, 3.63) is 0 Å². The molecule has 0 aromatic carbocycles. The molecule has 0 unspecified atom stereocenters. The van der Waals surface area contributed by atoms with E-state index in [1.165, 1.54) is 6.42 Å². The van der Waals surface area contributed by atoms with Gasteiger partial charge in [0.15, 0.2) is 0 Å². The lowest BCUT2D eigenvalue weighted by molar-refractivity contribution is -0.125. The van der Waals surface area contributed by atoms with Gasteiger partial charge in [-0.2, -0.15) is 0 Å². The second-order valence-corrected chi connectivity index (χ2v) is 5.09. The van der Waals surface area contributed by atoms with E-state index in [1.807, 2.05) is 13.8 Å². The zero-order valence-electron chi connectivity index (χ0n) is 9.84. The number of Topliss-reactive ketones (excluding diaryl/α,β-unsaturated/α-hetero) is 1. The maximum absolute atomic E-state index is 11.7. The van der Waals surface area contributed by atoms with Crippen LogP contribution in [-0.4, -0.2) is 17.9 Å². The summed E-state index contributed by atoms with van der Waals surface area (Å²) in [6.45, 7) is 8.34. The highest BCUT2D eigenvalue weighted by Gasteiger charge is 2.30. The van der Waals surface area contributed by atoms with Crippen molar-refractivity contribution in [2.45, 2.75) is 59.0 Å². The Morgan fingerprint density at radius 2 is 1.86 bits per heavy atom. The molecule has 0 radical (unpaired) electrons. The molecule has 82 valence electrons. The van der Waals surface area contributed by atoms with Crippen molar-refractivity contribution in [3.63, 3.8) is 0 Å². The van der Waals surface area contributed by atoms with E-state index < -0.39 is 0 Å². The van der Waals surface area contributed by atoms with Gasteiger partial charge in [-0.05, 0) is 19.3 Å². The summed E-state index contributed by atoms with van der Waals surface area (Å²) in [7, 11) is 0. The first-order valence-electron chi connectivity index (χ1n) is 5.80. The van der Waals surface area contributed by atoms with E-state index in [2.05, 4.69) is 19.2 Å². The predicted molar refractivity (Wildman–Crippen MR) is 59.2 cm³/mol. The van der Waals surface area contributed by atoms with Crippen molar-refractivity contribution >= 4 is 5.78 Å². The Kier molecular flexibility index (Phi) is 4.11. The highest BCUT2D eigenvalue weighted by molar-refractivity contribution is 5.83. The number of nitrogens with one attached hydrogen (secondary N) is 1. The molecule has 2 nitrogen and oxygen atoms in total. The van der Waals surface area contributed by atoms with Gasteiger partial charge in [0.1, 0.15) is 5.78 Å². The molecule has 14 heavy (non-hydrogen) atoms. The molecule has 0 bridgehead atoms. The molecule has 1 aliphatic carbocycles. The Balaban J connectivity index is 2.37. The molecular formula is C12H23NO. The summed E-state index contributed by atoms with van der Waals surface area (Å²) in [6, 6.07) is 1.11. The topological polar surface area (TPSA) is 29.1 Å². The molecule has 0 aliphatic heterocycles. The lowest BCUT2D eigenvalue weighted by Gasteiger charge is -2.16. The smallest absolute Gasteiger partial charge is 0.138 e. The van der Waals surface area contributed by atoms with E-state index in [-0.39, 0.29) is 5.92 Å². The molecule has 1 N–H and O–H groups in total. The van der Waals surface area contributed by atoms with Crippen molar-refractivity contribution in [1.82, 2.24) is 5.32 Å². The van der Waals surface area contributed by atoms with Gasteiger partial charge in [-0.25, -0.2) is 0 Å². The summed E-state index contributed by atoms with van der Waals surface area (Å²) in [5.41, 5.74) is 0. The first-order valence-corrected chi connectivity index (χ1v) is 5.80. The van der Waals surface area contributed by atoms with Gasteiger partial charge >= 0.3 is 0 Å². The fourth-order valence-electron chi connectivity index (χ4n) is 2.33. The molecule has 1 rings (SSSR count). The Bertz CT molecular complexity index is 198. The molecule has 1 aliphatic rings. The van der Waals surface area contributed by atoms with Gasteiger partial charge in [0, 0.05) is 23.9 Å². The first kappa shape index (κ1) is 11.7. The number of hydrogen-bond acceptors (Lipinski definition) is 2. The Morgan fingerprint density at radius 1 is 1.21 bits per heavy atom. The number of carbonyl (C=O) groups is 1. The van der Waals surface area contributed by atoms with Gasteiger partial charge < -0.3 is 5.32 Å². The zero-order chi connectivity index (χ0) is 10.7. The molecule has 0 aromatic heterocycles. The van der Waals surface area contributed by atoms with Crippen LogP contribution in [0.15, 0.2) is 0 Å². The first-order chi connectivity index (χ1) is 6.50. The van der Waals surface area contributed by atoms with Crippen LogP contribution in [0.25, 0.3) is 0 Å². The van der Waals surface area contributed by atoms with Gasteiger partial charge in [0.2, 0.25) is 0 Å². The quantitative estimate of drug-likeness (QED) is 0.749. The van der Waals surface area contributed by atoms with E-state index in [1.54, 1.807) is 0 Å². The van der Waals surface area contributed by atoms with Gasteiger partial charge in [0.05, 0.1) is 0 Å². The normalized spacial score (nSPS) is 27.6. The third kappa shape index (κ3) is 3.09. The average molecular weight is 197 g/mol. The summed E-state index contributed by atoms with van der Waals surface area (Å²) in [6.07, 6.45) is 3.30. The van der Waals surface area contributed by atoms with E-state index >= 15 is 0 Å². The molecular weight excluding hydrogens is 174 g/mol. The molecule has 1 saturated carbocycles. The monoisotopic (exact) mass is 197 g/mol. The Hall–Kier alpha value is -0.370. The number of ketones is 1. The lowest BCUT2D eigenvalue weighted by Crippen LogP contribution is -2.33. The Labute approximate surface area is 87.5 Å². The summed E-state index contributed by atoms with van der Waals surface area (Å²) in [5, 5.41) is 3.51. The molecule has 0 amide bonds. The molecule has 0 heterocycles. The number of rotatable bonds is 4. The van der Waals surface area contributed by atoms with Gasteiger partial charge in [0.25, 0.3) is 0 Å². The third-order valence-corrected chi connectivity index (χ3v) is 2.97. The molecule has 2 atom stereocenters. The number of carbonyl (C=O) groups excluding carboxylic acids is 1. The molecule has 0 spiro atoms. The van der Waals surface area contributed by atoms with Crippen LogP contribution in [-0.2, 0) is 4.79 Å². The minimum atomic E-state index is 0.206. The van der Waals surface area contributed by atoms with Crippen LogP contribution in [0.2, 0.25) is 0 Å². The summed E-state index contributed by atoms with van der Waals surface area (Å²) in [5.74, 6) is 0.988. The predicted octanol–water partition coefficient (Wildman–Crippen LogP) is 2.38. The fraction of sp³-hybridized carbons (Fsp3) is 0.917. The lowest BCUT2D eigenvalue weighted by atomic mass is 9.94. The second-order valence-electron chi connectivity index (χ2n) is 5.09. The van der Waals surface area contributed by atoms with Crippen molar-refractivity contribution in [2.75, 3.05) is 0 Å². The van der Waals surface area contributed by atoms with Crippen molar-refractivity contribution < 1.29 is 4.79 Å². The zero-order valence-corrected chi connectivity index (χ0v) is 9.84. The summed E-state index contributed by atoms with van der Waals surface area (Å²) in [4.78, 5) is 11.7. The van der Waals surface area contributed by atoms with Crippen LogP contribution >= 0.6 is 0 Å². The van der Waals surface area contributed by atoms with E-state index in [0.717, 1.165) is 12.8 Å². The summed E-state index contributed by atoms with van der Waals surface area (Å²) < 4.78 is 0. The molecule has 2 heteroatoms. The van der Waals surface area contributed by atoms with Crippen LogP contribution < -0.4 is 5.32 Å². The standard InChI is InChI=1S/C12H23NO/c1-8(2)12(14)10-5-6-11(7-10)13-9(3)4/h8-11,13H,5-7H2,1-4H3/t10-,11+/m1/s1. The van der Waals surface area contributed by atoms with Crippen LogP contribution in [0.3, 0.4) is 0 Å². The van der Waals surface area contributed by atoms with E-state index in [4.69, 9.17) is 0 Å². The van der Waals surface area contributed by atoms with Crippen LogP contribution in [0, 0.1) is 11.8 Å².